The molecule has 24 heavy (non-hydrogen) atoms. The van der Waals surface area contributed by atoms with Gasteiger partial charge in [0.25, 0.3) is 0 Å². The minimum Gasteiger partial charge on any atom is -0.481 e. The van der Waals surface area contributed by atoms with Crippen LogP contribution in [0.3, 0.4) is 0 Å². The number of carbonyl (C=O) groups is 3. The summed E-state index contributed by atoms with van der Waals surface area (Å²) in [6, 6.07) is -2.00. The maximum absolute atomic E-state index is 12.4. The zero-order valence-electron chi connectivity index (χ0n) is 14.0. The average Bonchev–Trinajstić information content (AvgIpc) is 2.44. The first kappa shape index (κ1) is 17.2. The minimum atomic E-state index is -1.17. The van der Waals surface area contributed by atoms with E-state index in [-0.39, 0.29) is 5.60 Å². The van der Waals surface area contributed by atoms with Crippen LogP contribution in [-0.2, 0) is 19.1 Å². The number of rotatable bonds is 6. The number of carboxylic acid groups (broad SMARTS) is 1. The summed E-state index contributed by atoms with van der Waals surface area (Å²) < 4.78 is 5.86. The number of ether oxygens (including phenoxy) is 1. The van der Waals surface area contributed by atoms with Gasteiger partial charge in [0.15, 0.2) is 0 Å². The number of nitrogens with one attached hydrogen (secondary N) is 1. The van der Waals surface area contributed by atoms with Crippen LogP contribution in [0.15, 0.2) is 0 Å². The molecule has 0 spiro atoms. The first-order valence-corrected chi connectivity index (χ1v) is 8.77. The van der Waals surface area contributed by atoms with Gasteiger partial charge in [-0.1, -0.05) is 0 Å². The van der Waals surface area contributed by atoms with Crippen LogP contribution in [-0.4, -0.2) is 40.6 Å². The van der Waals surface area contributed by atoms with Crippen molar-refractivity contribution >= 4 is 17.8 Å². The molecule has 0 saturated heterocycles. The molecule has 1 amide bonds. The Labute approximate surface area is 141 Å². The highest BCUT2D eigenvalue weighted by Gasteiger charge is 2.53. The fourth-order valence-electron chi connectivity index (χ4n) is 5.12. The van der Waals surface area contributed by atoms with Crippen molar-refractivity contribution in [2.75, 3.05) is 0 Å². The van der Waals surface area contributed by atoms with Gasteiger partial charge in [-0.25, -0.2) is 4.79 Å². The van der Waals surface area contributed by atoms with Crippen molar-refractivity contribution in [2.45, 2.75) is 69.6 Å². The SMILES string of the molecule is C[C@@H](NC(=O)[C@@H](N)CC(=O)O)C(=O)OC12CC3CC(CC(C3)C1)C2. The first-order chi connectivity index (χ1) is 11.3. The lowest BCUT2D eigenvalue weighted by molar-refractivity contribution is -0.188. The second kappa shape index (κ2) is 6.35. The van der Waals surface area contributed by atoms with E-state index in [1.165, 1.54) is 19.3 Å². The molecule has 0 heterocycles. The van der Waals surface area contributed by atoms with Gasteiger partial charge in [0.1, 0.15) is 11.6 Å². The lowest BCUT2D eigenvalue weighted by Crippen LogP contribution is -2.55. The molecule has 0 aromatic rings. The third-order valence-corrected chi connectivity index (χ3v) is 5.74. The Bertz CT molecular complexity index is 512. The normalized spacial score (nSPS) is 36.0. The van der Waals surface area contributed by atoms with Gasteiger partial charge in [-0.05, 0) is 63.2 Å². The van der Waals surface area contributed by atoms with E-state index in [1.807, 2.05) is 0 Å². The van der Waals surface area contributed by atoms with E-state index >= 15 is 0 Å². The summed E-state index contributed by atoms with van der Waals surface area (Å²) in [7, 11) is 0. The molecule has 0 radical (unpaired) electrons. The monoisotopic (exact) mass is 338 g/mol. The Hall–Kier alpha value is -1.63. The number of hydrogen-bond acceptors (Lipinski definition) is 5. The number of esters is 1. The Morgan fingerprint density at radius 1 is 1.17 bits per heavy atom. The Kier molecular flexibility index (Phi) is 4.55. The number of hydrogen-bond donors (Lipinski definition) is 3. The predicted molar refractivity (Wildman–Crippen MR) is 84.8 cm³/mol. The molecule has 0 aromatic carbocycles. The van der Waals surface area contributed by atoms with Gasteiger partial charge in [-0.3, -0.25) is 9.59 Å². The number of amides is 1. The van der Waals surface area contributed by atoms with Gasteiger partial charge >= 0.3 is 11.9 Å². The molecule has 4 saturated carbocycles. The second-order valence-electron chi connectivity index (χ2n) is 7.96. The largest absolute Gasteiger partial charge is 0.481 e. The van der Waals surface area contributed by atoms with Crippen molar-refractivity contribution in [3.8, 4) is 0 Å². The zero-order valence-corrected chi connectivity index (χ0v) is 14.0. The maximum atomic E-state index is 12.4. The van der Waals surface area contributed by atoms with Gasteiger partial charge in [-0.2, -0.15) is 0 Å². The summed E-state index contributed by atoms with van der Waals surface area (Å²) >= 11 is 0. The summed E-state index contributed by atoms with van der Waals surface area (Å²) in [6.07, 6.45) is 6.10. The third-order valence-electron chi connectivity index (χ3n) is 5.74. The van der Waals surface area contributed by atoms with E-state index in [1.54, 1.807) is 6.92 Å². The minimum absolute atomic E-state index is 0.353. The predicted octanol–water partition coefficient (Wildman–Crippen LogP) is 0.805. The molecule has 4 aliphatic carbocycles. The maximum Gasteiger partial charge on any atom is 0.328 e. The molecule has 2 atom stereocenters. The fourth-order valence-corrected chi connectivity index (χ4v) is 5.12. The number of carbonyl (C=O) groups excluding carboxylic acids is 2. The van der Waals surface area contributed by atoms with E-state index < -0.39 is 36.4 Å². The molecule has 0 unspecified atom stereocenters. The van der Waals surface area contributed by atoms with E-state index in [0.29, 0.717) is 17.8 Å². The van der Waals surface area contributed by atoms with Crippen molar-refractivity contribution in [3.05, 3.63) is 0 Å². The smallest absolute Gasteiger partial charge is 0.328 e. The van der Waals surface area contributed by atoms with Crippen LogP contribution in [0.4, 0.5) is 0 Å². The van der Waals surface area contributed by atoms with Crippen LogP contribution < -0.4 is 11.1 Å². The second-order valence-corrected chi connectivity index (χ2v) is 7.96. The van der Waals surface area contributed by atoms with E-state index in [9.17, 15) is 14.4 Å². The van der Waals surface area contributed by atoms with Gasteiger partial charge < -0.3 is 20.9 Å². The van der Waals surface area contributed by atoms with Crippen molar-refractivity contribution < 1.29 is 24.2 Å². The molecule has 0 aliphatic heterocycles. The quantitative estimate of drug-likeness (QED) is 0.617. The highest BCUT2D eigenvalue weighted by molar-refractivity contribution is 5.89. The van der Waals surface area contributed by atoms with Crippen molar-refractivity contribution in [3.63, 3.8) is 0 Å². The van der Waals surface area contributed by atoms with Crippen molar-refractivity contribution in [2.24, 2.45) is 23.5 Å². The molecule has 0 aromatic heterocycles. The van der Waals surface area contributed by atoms with Crippen LogP contribution in [0.25, 0.3) is 0 Å². The van der Waals surface area contributed by atoms with Crippen LogP contribution >= 0.6 is 0 Å². The first-order valence-electron chi connectivity index (χ1n) is 8.77. The highest BCUT2D eigenvalue weighted by Crippen LogP contribution is 2.57. The molecule has 7 nitrogen and oxygen atoms in total. The summed E-state index contributed by atoms with van der Waals surface area (Å²) in [6.45, 7) is 1.55. The Morgan fingerprint density at radius 2 is 1.67 bits per heavy atom. The van der Waals surface area contributed by atoms with Crippen LogP contribution in [0.2, 0.25) is 0 Å². The molecule has 7 heteroatoms. The molecular formula is C17H26N2O5. The Morgan fingerprint density at radius 3 is 2.12 bits per heavy atom. The van der Waals surface area contributed by atoms with Gasteiger partial charge in [-0.15, -0.1) is 0 Å². The van der Waals surface area contributed by atoms with E-state index in [0.717, 1.165) is 19.3 Å². The van der Waals surface area contributed by atoms with Crippen LogP contribution in [0, 0.1) is 17.8 Å². The molecule has 4 aliphatic rings. The number of aliphatic carboxylic acids is 1. The lowest BCUT2D eigenvalue weighted by Gasteiger charge is -2.55. The molecule has 4 bridgehead atoms. The van der Waals surface area contributed by atoms with Crippen molar-refractivity contribution in [1.29, 1.82) is 0 Å². The number of nitrogens with two attached hydrogens (primary N) is 1. The summed E-state index contributed by atoms with van der Waals surface area (Å²) in [5, 5.41) is 11.1. The molecule has 134 valence electrons. The van der Waals surface area contributed by atoms with Gasteiger partial charge in [0, 0.05) is 0 Å². The zero-order chi connectivity index (χ0) is 17.5. The number of carboxylic acids is 1. The summed E-state index contributed by atoms with van der Waals surface area (Å²) in [4.78, 5) is 34.9. The van der Waals surface area contributed by atoms with Gasteiger partial charge in [0.05, 0.1) is 12.5 Å². The molecular weight excluding hydrogens is 312 g/mol. The highest BCUT2D eigenvalue weighted by atomic mass is 16.6. The molecule has 4 rings (SSSR count). The van der Waals surface area contributed by atoms with Gasteiger partial charge in [0.2, 0.25) is 5.91 Å². The molecule has 4 fully saturated rings. The average molecular weight is 338 g/mol. The standard InChI is InChI=1S/C17H26N2O5/c1-9(19-15(22)13(18)5-14(20)21)16(23)24-17-6-10-2-11(7-17)4-12(3-10)8-17/h9-13H,2-8,18H2,1H3,(H,19,22)(H,20,21)/t9-,10?,11?,12?,13+,17?/m1/s1. The van der Waals surface area contributed by atoms with E-state index in [2.05, 4.69) is 5.32 Å². The third kappa shape index (κ3) is 3.55. The van der Waals surface area contributed by atoms with Crippen LogP contribution in [0.1, 0.15) is 51.9 Å². The lowest BCUT2D eigenvalue weighted by atomic mass is 9.54. The summed E-state index contributed by atoms with van der Waals surface area (Å²) in [5.41, 5.74) is 5.16. The van der Waals surface area contributed by atoms with E-state index in [4.69, 9.17) is 15.6 Å². The summed E-state index contributed by atoms with van der Waals surface area (Å²) in [5.74, 6) is -0.254. The fraction of sp³-hybridized carbons (Fsp3) is 0.824. The Balaban J connectivity index is 1.55. The van der Waals surface area contributed by atoms with Crippen molar-refractivity contribution in [1.82, 2.24) is 5.32 Å². The topological polar surface area (TPSA) is 119 Å². The van der Waals surface area contributed by atoms with Crippen LogP contribution in [0.5, 0.6) is 0 Å². The molecule has 4 N–H and O–H groups in total.